The van der Waals surface area contributed by atoms with E-state index in [9.17, 15) is 9.59 Å². The second-order valence-electron chi connectivity index (χ2n) is 12.0. The number of benzene rings is 2. The fourth-order valence-corrected chi connectivity index (χ4v) is 5.58. The Morgan fingerprint density at radius 2 is 1.79 bits per heavy atom. The summed E-state index contributed by atoms with van der Waals surface area (Å²) in [4.78, 5) is 37.7. The molecule has 2 aliphatic carbocycles. The van der Waals surface area contributed by atoms with Crippen LogP contribution >= 0.6 is 0 Å². The van der Waals surface area contributed by atoms with E-state index >= 15 is 0 Å². The number of amides is 1. The van der Waals surface area contributed by atoms with Gasteiger partial charge in [-0.2, -0.15) is 9.78 Å². The molecule has 2 saturated carbocycles. The minimum Gasteiger partial charge on any atom is -0.367 e. The van der Waals surface area contributed by atoms with Gasteiger partial charge in [0.25, 0.3) is 5.91 Å². The largest absolute Gasteiger partial charge is 0.367 e. The summed E-state index contributed by atoms with van der Waals surface area (Å²) in [5, 5.41) is 14.7. The number of ketones is 1. The first-order valence-electron chi connectivity index (χ1n) is 14.9. The van der Waals surface area contributed by atoms with E-state index in [0.29, 0.717) is 40.7 Å². The van der Waals surface area contributed by atoms with E-state index in [4.69, 9.17) is 5.10 Å². The number of aryl methyl sites for hydroxylation is 2. The van der Waals surface area contributed by atoms with Gasteiger partial charge in [-0.3, -0.25) is 9.59 Å². The van der Waals surface area contributed by atoms with Gasteiger partial charge in [-0.05, 0) is 89.9 Å². The van der Waals surface area contributed by atoms with Crippen molar-refractivity contribution >= 4 is 34.7 Å². The van der Waals surface area contributed by atoms with Crippen molar-refractivity contribution in [2.45, 2.75) is 58.0 Å². The Kier molecular flexibility index (Phi) is 7.94. The first-order valence-corrected chi connectivity index (χ1v) is 14.9. The Labute approximate surface area is 251 Å². The number of nitrogens with one attached hydrogen (secondary N) is 3. The highest BCUT2D eigenvalue weighted by Gasteiger charge is 2.33. The predicted octanol–water partition coefficient (Wildman–Crippen LogP) is 5.76. The van der Waals surface area contributed by atoms with Gasteiger partial charge < -0.3 is 20.9 Å². The van der Waals surface area contributed by atoms with Crippen molar-refractivity contribution in [3.63, 3.8) is 0 Å². The number of nitrogens with zero attached hydrogens (tertiary/aromatic N) is 5. The molecule has 2 fully saturated rings. The number of hydrogen-bond acceptors (Lipinski definition) is 8. The number of Topliss-reactive ketones (excluding diaryl/α,β-unsaturated/α-hetero) is 1. The number of rotatable bonds is 10. The Morgan fingerprint density at radius 1 is 0.953 bits per heavy atom. The second-order valence-corrected chi connectivity index (χ2v) is 12.0. The quantitative estimate of drug-likeness (QED) is 0.203. The van der Waals surface area contributed by atoms with Crippen LogP contribution in [0.25, 0.3) is 5.82 Å². The molecule has 6 rings (SSSR count). The average molecular weight is 579 g/mol. The first kappa shape index (κ1) is 28.5. The Bertz CT molecular complexity index is 1660. The molecule has 2 aliphatic rings. The van der Waals surface area contributed by atoms with Crippen LogP contribution in [0.5, 0.6) is 0 Å². The molecule has 0 saturated heterocycles. The SMILES string of the molecule is Cc1cccc(C(=O)Nc2ccc(C)c(Nc3cc(C(=O)C4CCC(N(C)C)C4)nn3-c3cc(NC4CC4)ncn3)c2)c1. The summed E-state index contributed by atoms with van der Waals surface area (Å²) in [7, 11) is 4.13. The zero-order valence-corrected chi connectivity index (χ0v) is 25.1. The van der Waals surface area contributed by atoms with Gasteiger partial charge in [0.05, 0.1) is 0 Å². The molecular weight excluding hydrogens is 540 g/mol. The third-order valence-electron chi connectivity index (χ3n) is 8.31. The molecule has 10 heteroatoms. The van der Waals surface area contributed by atoms with Crippen molar-refractivity contribution in [1.82, 2.24) is 24.6 Å². The minimum absolute atomic E-state index is 0.0485. The number of hydrogen-bond donors (Lipinski definition) is 3. The summed E-state index contributed by atoms with van der Waals surface area (Å²) in [6.07, 6.45) is 6.43. The Balaban J connectivity index is 1.30. The maximum absolute atomic E-state index is 13.7. The molecule has 0 bridgehead atoms. The lowest BCUT2D eigenvalue weighted by molar-refractivity contribution is 0.0911. The number of anilines is 4. The number of carbonyl (C=O) groups excluding carboxylic acids is 2. The average Bonchev–Trinajstić information content (AvgIpc) is 3.48. The van der Waals surface area contributed by atoms with E-state index < -0.39 is 0 Å². The highest BCUT2D eigenvalue weighted by atomic mass is 16.1. The van der Waals surface area contributed by atoms with Crippen LogP contribution in [0.2, 0.25) is 0 Å². The van der Waals surface area contributed by atoms with Crippen LogP contribution in [-0.2, 0) is 0 Å². The van der Waals surface area contributed by atoms with Gasteiger partial charge in [0, 0.05) is 47.1 Å². The lowest BCUT2D eigenvalue weighted by Gasteiger charge is -2.18. The standard InChI is InChI=1S/C33H38N8O2/c1-20-6-5-7-23(14-20)33(43)37-25-10-8-21(2)27(16-25)38-31-17-28(32(42)22-9-13-26(15-22)40(3)4)39-41(31)30-18-29(34-19-35-30)36-24-11-12-24/h5-8,10,14,16-19,22,24,26,38H,9,11-13,15H2,1-4H3,(H,37,43)(H,34,35,36). The maximum Gasteiger partial charge on any atom is 0.255 e. The molecule has 222 valence electrons. The summed E-state index contributed by atoms with van der Waals surface area (Å²) < 4.78 is 1.67. The van der Waals surface area contributed by atoms with Crippen LogP contribution < -0.4 is 16.0 Å². The highest BCUT2D eigenvalue weighted by molar-refractivity contribution is 6.04. The fraction of sp³-hybridized carbons (Fsp3) is 0.364. The van der Waals surface area contributed by atoms with E-state index in [1.165, 1.54) is 6.33 Å². The molecule has 2 heterocycles. The maximum atomic E-state index is 13.7. The van der Waals surface area contributed by atoms with Gasteiger partial charge in [-0.1, -0.05) is 23.8 Å². The van der Waals surface area contributed by atoms with Gasteiger partial charge in [-0.25, -0.2) is 9.97 Å². The van der Waals surface area contributed by atoms with Crippen LogP contribution in [0.4, 0.5) is 23.0 Å². The molecular formula is C33H38N8O2. The van der Waals surface area contributed by atoms with Gasteiger partial charge >= 0.3 is 0 Å². The third-order valence-corrected chi connectivity index (χ3v) is 8.31. The van der Waals surface area contributed by atoms with E-state index in [0.717, 1.165) is 54.7 Å². The zero-order chi connectivity index (χ0) is 30.1. The van der Waals surface area contributed by atoms with Gasteiger partial charge in [0.1, 0.15) is 23.7 Å². The monoisotopic (exact) mass is 578 g/mol. The van der Waals surface area contributed by atoms with Crippen molar-refractivity contribution in [3.8, 4) is 5.82 Å². The molecule has 2 aromatic heterocycles. The van der Waals surface area contributed by atoms with E-state index in [-0.39, 0.29) is 17.6 Å². The molecule has 0 radical (unpaired) electrons. The van der Waals surface area contributed by atoms with E-state index in [1.54, 1.807) is 16.8 Å². The lowest BCUT2D eigenvalue weighted by atomic mass is 10.00. The van der Waals surface area contributed by atoms with Crippen LogP contribution in [0.15, 0.2) is 60.9 Å². The Hall–Kier alpha value is -4.57. The fourth-order valence-electron chi connectivity index (χ4n) is 5.58. The topological polar surface area (TPSA) is 117 Å². The molecule has 0 aliphatic heterocycles. The molecule has 2 unspecified atom stereocenters. The smallest absolute Gasteiger partial charge is 0.255 e. The normalized spacial score (nSPS) is 18.1. The summed E-state index contributed by atoms with van der Waals surface area (Å²) in [5.41, 5.74) is 4.43. The molecule has 4 aromatic rings. The molecule has 10 nitrogen and oxygen atoms in total. The summed E-state index contributed by atoms with van der Waals surface area (Å²) in [6.45, 7) is 3.95. The predicted molar refractivity (Wildman–Crippen MR) is 169 cm³/mol. The molecule has 1 amide bonds. The van der Waals surface area contributed by atoms with Gasteiger partial charge in [0.2, 0.25) is 0 Å². The Morgan fingerprint density at radius 3 is 2.53 bits per heavy atom. The van der Waals surface area contributed by atoms with Gasteiger partial charge in [0.15, 0.2) is 11.6 Å². The zero-order valence-electron chi connectivity index (χ0n) is 25.1. The van der Waals surface area contributed by atoms with Crippen molar-refractivity contribution in [2.75, 3.05) is 30.0 Å². The van der Waals surface area contributed by atoms with Gasteiger partial charge in [-0.15, -0.1) is 0 Å². The van der Waals surface area contributed by atoms with Crippen LogP contribution in [-0.4, -0.2) is 62.5 Å². The summed E-state index contributed by atoms with van der Waals surface area (Å²) >= 11 is 0. The third kappa shape index (κ3) is 6.59. The van der Waals surface area contributed by atoms with Crippen LogP contribution in [0, 0.1) is 19.8 Å². The first-order chi connectivity index (χ1) is 20.7. The van der Waals surface area contributed by atoms with E-state index in [2.05, 4.69) is 44.9 Å². The molecule has 0 spiro atoms. The number of aromatic nitrogens is 4. The molecule has 43 heavy (non-hydrogen) atoms. The second kappa shape index (κ2) is 12.0. The number of carbonyl (C=O) groups is 2. The van der Waals surface area contributed by atoms with E-state index in [1.807, 2.05) is 56.3 Å². The van der Waals surface area contributed by atoms with Crippen LogP contribution in [0.3, 0.4) is 0 Å². The van der Waals surface area contributed by atoms with Crippen molar-refractivity contribution in [3.05, 3.63) is 83.3 Å². The summed E-state index contributed by atoms with van der Waals surface area (Å²) in [5.74, 6) is 1.69. The lowest BCUT2D eigenvalue weighted by Crippen LogP contribution is -2.25. The molecule has 2 atom stereocenters. The van der Waals surface area contributed by atoms with Crippen molar-refractivity contribution in [1.29, 1.82) is 0 Å². The molecule has 2 aromatic carbocycles. The van der Waals surface area contributed by atoms with Crippen molar-refractivity contribution in [2.24, 2.45) is 5.92 Å². The summed E-state index contributed by atoms with van der Waals surface area (Å²) in [6, 6.07) is 17.7. The highest BCUT2D eigenvalue weighted by Crippen LogP contribution is 2.33. The minimum atomic E-state index is -0.180. The molecule has 3 N–H and O–H groups in total. The van der Waals surface area contributed by atoms with Crippen molar-refractivity contribution < 1.29 is 9.59 Å². The van der Waals surface area contributed by atoms with Crippen LogP contribution in [0.1, 0.15) is 64.1 Å².